The van der Waals surface area contributed by atoms with Crippen molar-refractivity contribution >= 4 is 5.97 Å². The minimum absolute atomic E-state index is 0.146. The van der Waals surface area contributed by atoms with Crippen molar-refractivity contribution < 1.29 is 19.2 Å². The van der Waals surface area contributed by atoms with Crippen LogP contribution < -0.4 is 4.74 Å². The zero-order chi connectivity index (χ0) is 16.6. The van der Waals surface area contributed by atoms with Crippen molar-refractivity contribution in [1.82, 2.24) is 15.1 Å². The van der Waals surface area contributed by atoms with Gasteiger partial charge in [-0.1, -0.05) is 5.16 Å². The molecule has 2 heterocycles. The highest BCUT2D eigenvalue weighted by Gasteiger charge is 2.24. The maximum Gasteiger partial charge on any atom is 0.338 e. The number of rotatable bonds is 4. The van der Waals surface area contributed by atoms with Gasteiger partial charge in [-0.25, -0.2) is 4.79 Å². The summed E-state index contributed by atoms with van der Waals surface area (Å²) in [6.45, 7) is 3.47. The molecule has 3 aromatic rings. The largest absolute Gasteiger partial charge is 0.497 e. The Hall–Kier alpha value is -3.09. The molecular weight excluding hydrogens is 298 g/mol. The summed E-state index contributed by atoms with van der Waals surface area (Å²) in [5.41, 5.74) is 2.54. The van der Waals surface area contributed by atoms with E-state index in [0.717, 1.165) is 11.3 Å². The fraction of sp³-hybridized carbons (Fsp3) is 0.188. The summed E-state index contributed by atoms with van der Waals surface area (Å²) in [6, 6.07) is 7.20. The van der Waals surface area contributed by atoms with Crippen molar-refractivity contribution in [1.29, 1.82) is 0 Å². The van der Waals surface area contributed by atoms with E-state index < -0.39 is 5.97 Å². The molecule has 23 heavy (non-hydrogen) atoms. The Morgan fingerprint density at radius 1 is 1.22 bits per heavy atom. The van der Waals surface area contributed by atoms with Crippen molar-refractivity contribution in [2.75, 3.05) is 7.11 Å². The van der Waals surface area contributed by atoms with E-state index in [1.54, 1.807) is 45.2 Å². The highest BCUT2D eigenvalue weighted by atomic mass is 16.5. The topological polar surface area (TPSA) is 101 Å². The van der Waals surface area contributed by atoms with E-state index in [1.165, 1.54) is 0 Å². The summed E-state index contributed by atoms with van der Waals surface area (Å²) in [6.07, 6.45) is 0. The molecule has 0 fully saturated rings. The second-order valence-corrected chi connectivity index (χ2v) is 5.08. The Labute approximate surface area is 131 Å². The van der Waals surface area contributed by atoms with E-state index in [2.05, 4.69) is 15.1 Å². The van der Waals surface area contributed by atoms with Crippen molar-refractivity contribution in [2.45, 2.75) is 13.8 Å². The molecule has 0 aliphatic heterocycles. The number of benzene rings is 1. The molecule has 0 spiro atoms. The number of aromatic amines is 1. The number of ether oxygens (including phenoxy) is 1. The molecule has 0 bridgehead atoms. The standard InChI is InChI=1S/C16H15N3O4/c1-8-12(13(16(20)21)9(2)17-8)15-18-14(19-23-15)10-4-6-11(22-3)7-5-10/h4-7,17H,1-3H3,(H,20,21). The van der Waals surface area contributed by atoms with Crippen LogP contribution in [0, 0.1) is 13.8 Å². The molecule has 7 nitrogen and oxygen atoms in total. The van der Waals surface area contributed by atoms with Crippen LogP contribution in [0.25, 0.3) is 22.8 Å². The fourth-order valence-corrected chi connectivity index (χ4v) is 2.50. The summed E-state index contributed by atoms with van der Waals surface area (Å²) in [5.74, 6) is 0.251. The van der Waals surface area contributed by atoms with Gasteiger partial charge >= 0.3 is 5.97 Å². The monoisotopic (exact) mass is 313 g/mol. The summed E-state index contributed by atoms with van der Waals surface area (Å²) in [5, 5.41) is 13.3. The van der Waals surface area contributed by atoms with E-state index in [-0.39, 0.29) is 11.5 Å². The highest BCUT2D eigenvalue weighted by molar-refractivity contribution is 5.97. The maximum atomic E-state index is 11.5. The van der Waals surface area contributed by atoms with Gasteiger partial charge in [0.15, 0.2) is 0 Å². The van der Waals surface area contributed by atoms with Crippen LogP contribution in [0.15, 0.2) is 28.8 Å². The van der Waals surface area contributed by atoms with Gasteiger partial charge in [-0.2, -0.15) is 4.98 Å². The van der Waals surface area contributed by atoms with Crippen LogP contribution in [0.1, 0.15) is 21.7 Å². The molecule has 118 valence electrons. The molecule has 0 aliphatic rings. The number of carboxylic acid groups (broad SMARTS) is 1. The molecule has 0 unspecified atom stereocenters. The van der Waals surface area contributed by atoms with Gasteiger partial charge in [0.2, 0.25) is 5.82 Å². The summed E-state index contributed by atoms with van der Waals surface area (Å²) < 4.78 is 10.4. The van der Waals surface area contributed by atoms with Crippen molar-refractivity contribution in [3.05, 3.63) is 41.2 Å². The molecule has 2 N–H and O–H groups in total. The molecule has 3 rings (SSSR count). The van der Waals surface area contributed by atoms with Gasteiger partial charge in [0.25, 0.3) is 5.89 Å². The highest BCUT2D eigenvalue weighted by Crippen LogP contribution is 2.30. The van der Waals surface area contributed by atoms with Gasteiger partial charge in [-0.3, -0.25) is 0 Å². The predicted molar refractivity (Wildman–Crippen MR) is 82.5 cm³/mol. The Kier molecular flexibility index (Phi) is 3.61. The molecule has 0 atom stereocenters. The SMILES string of the molecule is COc1ccc(-c2noc(-c3c(C)[nH]c(C)c3C(=O)O)n2)cc1. The van der Waals surface area contributed by atoms with E-state index >= 15 is 0 Å². The zero-order valence-electron chi connectivity index (χ0n) is 12.9. The summed E-state index contributed by atoms with van der Waals surface area (Å²) >= 11 is 0. The smallest absolute Gasteiger partial charge is 0.338 e. The molecule has 0 aliphatic carbocycles. The van der Waals surface area contributed by atoms with Crippen LogP contribution >= 0.6 is 0 Å². The Morgan fingerprint density at radius 3 is 2.52 bits per heavy atom. The maximum absolute atomic E-state index is 11.5. The Balaban J connectivity index is 2.04. The van der Waals surface area contributed by atoms with Crippen molar-refractivity contribution in [3.8, 4) is 28.6 Å². The number of aromatic nitrogens is 3. The number of aryl methyl sites for hydroxylation is 2. The summed E-state index contributed by atoms with van der Waals surface area (Å²) in [7, 11) is 1.59. The van der Waals surface area contributed by atoms with E-state index in [1.807, 2.05) is 0 Å². The molecule has 0 amide bonds. The van der Waals surface area contributed by atoms with Gasteiger partial charge in [-0.15, -0.1) is 0 Å². The second-order valence-electron chi connectivity index (χ2n) is 5.08. The lowest BCUT2D eigenvalue weighted by atomic mass is 10.1. The molecular formula is C16H15N3O4. The lowest BCUT2D eigenvalue weighted by Crippen LogP contribution is -1.99. The lowest BCUT2D eigenvalue weighted by Gasteiger charge is -1.99. The Bertz CT molecular complexity index is 862. The molecule has 0 saturated carbocycles. The number of nitrogens with zero attached hydrogens (tertiary/aromatic N) is 2. The summed E-state index contributed by atoms with van der Waals surface area (Å²) in [4.78, 5) is 18.8. The van der Waals surface area contributed by atoms with Gasteiger partial charge in [0.1, 0.15) is 5.75 Å². The number of H-pyrrole nitrogens is 1. The van der Waals surface area contributed by atoms with E-state index in [4.69, 9.17) is 9.26 Å². The first-order valence-corrected chi connectivity index (χ1v) is 6.92. The fourth-order valence-electron chi connectivity index (χ4n) is 2.50. The number of hydrogen-bond donors (Lipinski definition) is 2. The molecule has 7 heteroatoms. The number of methoxy groups -OCH3 is 1. The third-order valence-corrected chi connectivity index (χ3v) is 3.58. The minimum atomic E-state index is -1.04. The number of hydrogen-bond acceptors (Lipinski definition) is 5. The van der Waals surface area contributed by atoms with E-state index in [0.29, 0.717) is 22.8 Å². The average molecular weight is 313 g/mol. The van der Waals surface area contributed by atoms with Gasteiger partial charge in [0, 0.05) is 17.0 Å². The third-order valence-electron chi connectivity index (χ3n) is 3.58. The van der Waals surface area contributed by atoms with E-state index in [9.17, 15) is 9.90 Å². The van der Waals surface area contributed by atoms with Gasteiger partial charge in [0.05, 0.1) is 18.2 Å². The molecule has 0 saturated heterocycles. The van der Waals surface area contributed by atoms with Crippen LogP contribution in [0.5, 0.6) is 5.75 Å². The predicted octanol–water partition coefficient (Wildman–Crippen LogP) is 3.06. The van der Waals surface area contributed by atoms with Crippen molar-refractivity contribution in [2.24, 2.45) is 0 Å². The first-order valence-electron chi connectivity index (χ1n) is 6.92. The van der Waals surface area contributed by atoms with Gasteiger partial charge < -0.3 is 19.4 Å². The zero-order valence-corrected chi connectivity index (χ0v) is 12.9. The quantitative estimate of drug-likeness (QED) is 0.767. The van der Waals surface area contributed by atoms with Crippen LogP contribution in [0.2, 0.25) is 0 Å². The molecule has 2 aromatic heterocycles. The van der Waals surface area contributed by atoms with Crippen LogP contribution in [-0.2, 0) is 0 Å². The first kappa shape index (κ1) is 14.8. The van der Waals surface area contributed by atoms with Crippen LogP contribution in [0.4, 0.5) is 0 Å². The third kappa shape index (κ3) is 2.57. The van der Waals surface area contributed by atoms with Gasteiger partial charge in [-0.05, 0) is 38.1 Å². The number of carboxylic acids is 1. The second kappa shape index (κ2) is 5.60. The van der Waals surface area contributed by atoms with Crippen LogP contribution in [0.3, 0.4) is 0 Å². The number of carbonyl (C=O) groups is 1. The van der Waals surface area contributed by atoms with Crippen LogP contribution in [-0.4, -0.2) is 33.3 Å². The number of nitrogens with one attached hydrogen (secondary N) is 1. The molecule has 0 radical (unpaired) electrons. The average Bonchev–Trinajstić information content (AvgIpc) is 3.11. The first-order chi connectivity index (χ1) is 11.0. The number of aromatic carboxylic acids is 1. The molecule has 1 aromatic carbocycles. The lowest BCUT2D eigenvalue weighted by molar-refractivity contribution is 0.0697. The van der Waals surface area contributed by atoms with Crippen molar-refractivity contribution in [3.63, 3.8) is 0 Å². The Morgan fingerprint density at radius 2 is 1.91 bits per heavy atom. The normalized spacial score (nSPS) is 10.7. The minimum Gasteiger partial charge on any atom is -0.497 e.